The van der Waals surface area contributed by atoms with Gasteiger partial charge in [0.25, 0.3) is 0 Å². The van der Waals surface area contributed by atoms with Gasteiger partial charge in [0.15, 0.2) is 69.9 Å². The fourth-order valence-electron chi connectivity index (χ4n) is 4.75. The molecule has 1 aliphatic rings. The molecule has 0 fully saturated rings. The average molecular weight is 795 g/mol. The van der Waals surface area contributed by atoms with Crippen LogP contribution in [0.4, 0.5) is 79.0 Å². The molecule has 0 radical (unpaired) electrons. The quantitative estimate of drug-likeness (QED) is 0.0937. The first kappa shape index (κ1) is 41.4. The van der Waals surface area contributed by atoms with Gasteiger partial charge in [0, 0.05) is 29.5 Å². The van der Waals surface area contributed by atoms with Crippen molar-refractivity contribution in [2.75, 3.05) is 6.67 Å². The van der Waals surface area contributed by atoms with Crippen molar-refractivity contribution in [1.82, 2.24) is 15.0 Å². The number of alkyl halides is 2. The van der Waals surface area contributed by atoms with Crippen LogP contribution < -0.4 is 0 Å². The maximum Gasteiger partial charge on any atom is 0.200 e. The monoisotopic (exact) mass is 795 g/mol. The van der Waals surface area contributed by atoms with Gasteiger partial charge < -0.3 is 0 Å². The highest BCUT2D eigenvalue weighted by molar-refractivity contribution is 5.78. The molecule has 1 aliphatic carbocycles. The fourth-order valence-corrected chi connectivity index (χ4v) is 4.75. The van der Waals surface area contributed by atoms with Gasteiger partial charge in [-0.15, -0.1) is 0 Å². The van der Waals surface area contributed by atoms with E-state index in [1.54, 1.807) is 0 Å². The maximum absolute atomic E-state index is 15.9. The lowest BCUT2D eigenvalue weighted by atomic mass is 9.94. The van der Waals surface area contributed by atoms with Crippen LogP contribution in [0.25, 0.3) is 28.1 Å². The van der Waals surface area contributed by atoms with Gasteiger partial charge in [-0.2, -0.15) is 0 Å². The Hall–Kier alpha value is -5.37. The summed E-state index contributed by atoms with van der Waals surface area (Å²) >= 11 is 0. The van der Waals surface area contributed by atoms with Crippen molar-refractivity contribution in [3.05, 3.63) is 128 Å². The fraction of sp³-hybridized carbons (Fsp3) is 0.182. The highest BCUT2D eigenvalue weighted by atomic mass is 19.2. The molecule has 0 aliphatic heterocycles. The highest BCUT2D eigenvalue weighted by Crippen LogP contribution is 2.43. The molecule has 0 spiro atoms. The normalized spacial score (nSPS) is 19.3. The molecule has 0 bridgehead atoms. The van der Waals surface area contributed by atoms with Crippen molar-refractivity contribution in [3.8, 4) is 22.5 Å². The van der Waals surface area contributed by atoms with E-state index in [-0.39, 0.29) is 6.08 Å². The molecular formula is C33H15F18N3. The van der Waals surface area contributed by atoms with Crippen LogP contribution in [0.2, 0.25) is 0 Å². The lowest BCUT2D eigenvalue weighted by Crippen LogP contribution is -2.13. The minimum atomic E-state index is -2.84. The van der Waals surface area contributed by atoms with Crippen molar-refractivity contribution >= 4 is 5.57 Å². The molecule has 3 nitrogen and oxygen atoms in total. The molecule has 1 heterocycles. The van der Waals surface area contributed by atoms with Gasteiger partial charge in [0.2, 0.25) is 5.82 Å². The van der Waals surface area contributed by atoms with Crippen LogP contribution in [-0.2, 0) is 13.1 Å². The third kappa shape index (κ3) is 7.52. The third-order valence-electron chi connectivity index (χ3n) is 7.47. The predicted octanol–water partition coefficient (Wildman–Crippen LogP) is 12.0. The van der Waals surface area contributed by atoms with Crippen LogP contribution in [0, 0.1) is 46.5 Å². The van der Waals surface area contributed by atoms with Gasteiger partial charge in [-0.3, -0.25) is 0 Å². The molecule has 0 atom stereocenters. The number of halogens is 18. The van der Waals surface area contributed by atoms with E-state index < -0.39 is 183 Å². The number of hydrogen-bond acceptors (Lipinski definition) is 3. The van der Waals surface area contributed by atoms with Crippen molar-refractivity contribution in [1.29, 1.82) is 0 Å². The first-order chi connectivity index (χ1) is 25.3. The Morgan fingerprint density at radius 1 is 0.574 bits per heavy atom. The Bertz CT molecular complexity index is 2220. The summed E-state index contributed by atoms with van der Waals surface area (Å²) in [6.07, 6.45) is -4.86. The van der Waals surface area contributed by atoms with Crippen molar-refractivity contribution in [2.24, 2.45) is 0 Å². The lowest BCUT2D eigenvalue weighted by Gasteiger charge is -2.17. The predicted molar refractivity (Wildman–Crippen MR) is 153 cm³/mol. The lowest BCUT2D eigenvalue weighted by molar-refractivity contribution is 0.380. The van der Waals surface area contributed by atoms with Crippen LogP contribution in [0.15, 0.2) is 64.3 Å². The van der Waals surface area contributed by atoms with Crippen molar-refractivity contribution in [3.63, 3.8) is 0 Å². The largest absolute Gasteiger partial charge is 0.246 e. The highest BCUT2D eigenvalue weighted by Gasteiger charge is 2.36. The van der Waals surface area contributed by atoms with E-state index >= 15 is 22.0 Å². The number of rotatable bonds is 9. The maximum atomic E-state index is 15.9. The molecular weight excluding hydrogens is 780 g/mol. The van der Waals surface area contributed by atoms with Gasteiger partial charge in [-0.25, -0.2) is 94.0 Å². The van der Waals surface area contributed by atoms with E-state index in [0.717, 1.165) is 0 Å². The smallest absolute Gasteiger partial charge is 0.200 e. The van der Waals surface area contributed by atoms with Gasteiger partial charge in [0.1, 0.15) is 42.5 Å². The second-order valence-corrected chi connectivity index (χ2v) is 10.8. The van der Waals surface area contributed by atoms with Crippen molar-refractivity contribution in [2.45, 2.75) is 32.9 Å². The van der Waals surface area contributed by atoms with Crippen LogP contribution in [0.5, 0.6) is 0 Å². The zero-order chi connectivity index (χ0) is 40.5. The number of allylic oxidation sites excluding steroid dienone is 11. The summed E-state index contributed by atoms with van der Waals surface area (Å²) in [5, 5.41) is 0. The number of nitrogens with zero attached hydrogens (tertiary/aromatic N) is 3. The molecule has 2 aromatic carbocycles. The van der Waals surface area contributed by atoms with E-state index in [4.69, 9.17) is 0 Å². The van der Waals surface area contributed by atoms with E-state index in [0.29, 0.717) is 6.92 Å². The summed E-state index contributed by atoms with van der Waals surface area (Å²) in [7, 11) is 0. The molecule has 0 saturated heterocycles. The van der Waals surface area contributed by atoms with Crippen LogP contribution in [0.3, 0.4) is 0 Å². The first-order valence-corrected chi connectivity index (χ1v) is 14.4. The van der Waals surface area contributed by atoms with Gasteiger partial charge in [-0.1, -0.05) is 0 Å². The first-order valence-electron chi connectivity index (χ1n) is 14.4. The Morgan fingerprint density at radius 2 is 1.11 bits per heavy atom. The third-order valence-corrected chi connectivity index (χ3v) is 7.47. The molecule has 4 rings (SSSR count). The Kier molecular flexibility index (Phi) is 12.5. The molecule has 1 aromatic heterocycles. The van der Waals surface area contributed by atoms with E-state index in [9.17, 15) is 57.1 Å². The van der Waals surface area contributed by atoms with E-state index in [1.807, 2.05) is 0 Å². The SMILES string of the molecule is CC(=C\F)/C(F)=C(F)\C(F)=C\Cc1nc(C2=C(\F)C/C(CF)=C(/F)C/C(F)=C\2F)nc(-c2c(F)c(F)c(-c3c(F)c(F)c(F)c(F)c3F)c(CF)c2F)n1. The summed E-state index contributed by atoms with van der Waals surface area (Å²) < 4.78 is 260. The van der Waals surface area contributed by atoms with E-state index in [1.165, 1.54) is 0 Å². The van der Waals surface area contributed by atoms with Gasteiger partial charge in [0.05, 0.1) is 29.5 Å². The zero-order valence-corrected chi connectivity index (χ0v) is 26.3. The Labute approximate surface area is 290 Å². The zero-order valence-electron chi connectivity index (χ0n) is 26.3. The minimum absolute atomic E-state index is 0.0326. The van der Waals surface area contributed by atoms with Crippen LogP contribution >= 0.6 is 0 Å². The summed E-state index contributed by atoms with van der Waals surface area (Å²) in [6, 6.07) is 0. The second-order valence-electron chi connectivity index (χ2n) is 10.8. The molecule has 0 saturated carbocycles. The van der Waals surface area contributed by atoms with Gasteiger partial charge in [-0.05, 0) is 18.6 Å². The van der Waals surface area contributed by atoms with Gasteiger partial charge >= 0.3 is 0 Å². The molecule has 3 aromatic rings. The standard InChI is InChI=1S/C33H15F18N3/c1-9(6-34)21(41)24(44)12(37)2-3-16-52-32(18-14(39)4-10(7-35)13(38)5-15(40)23(18)43)54-33(53-16)20-22(42)11(8-36)17(25(45)28(20)48)19-26(46)29(49)31(51)30(50)27(19)47/h2,6H,3-5,7-8H2,1H3/b9-6+,12-2-,13-10-,18-14-,23-15-,24-21-. The summed E-state index contributed by atoms with van der Waals surface area (Å²) in [5.41, 5.74) is -12.5. The average Bonchev–Trinajstić information content (AvgIpc) is 3.14. The van der Waals surface area contributed by atoms with Crippen molar-refractivity contribution < 1.29 is 79.0 Å². The Balaban J connectivity index is 2.10. The number of hydrogen-bond donors (Lipinski definition) is 0. The topological polar surface area (TPSA) is 38.7 Å². The molecule has 0 unspecified atom stereocenters. The molecule has 0 amide bonds. The second kappa shape index (κ2) is 16.3. The molecule has 288 valence electrons. The summed E-state index contributed by atoms with van der Waals surface area (Å²) in [4.78, 5) is 10.1. The summed E-state index contributed by atoms with van der Waals surface area (Å²) in [5.74, 6) is -41.3. The Morgan fingerprint density at radius 3 is 1.67 bits per heavy atom. The van der Waals surface area contributed by atoms with Crippen LogP contribution in [-0.4, -0.2) is 21.6 Å². The molecule has 0 N–H and O–H groups in total. The number of aromatic nitrogens is 3. The van der Waals surface area contributed by atoms with Crippen LogP contribution in [0.1, 0.15) is 37.0 Å². The number of benzene rings is 2. The molecule has 54 heavy (non-hydrogen) atoms. The summed E-state index contributed by atoms with van der Waals surface area (Å²) in [6.45, 7) is -3.53. The minimum Gasteiger partial charge on any atom is -0.246 e. The van der Waals surface area contributed by atoms with E-state index in [2.05, 4.69) is 15.0 Å². The molecule has 21 heteroatoms.